The van der Waals surface area contributed by atoms with E-state index in [2.05, 4.69) is 10.4 Å². The molecule has 3 aromatic rings. The highest BCUT2D eigenvalue weighted by atomic mass is 19.1. The Kier molecular flexibility index (Phi) is 3.46. The largest absolute Gasteiger partial charge is 0.377 e. The second-order valence-electron chi connectivity index (χ2n) is 4.42. The molecule has 0 radical (unpaired) electrons. The van der Waals surface area contributed by atoms with Crippen molar-refractivity contribution in [1.82, 2.24) is 9.78 Å². The summed E-state index contributed by atoms with van der Waals surface area (Å²) in [6.45, 7) is 0.487. The summed E-state index contributed by atoms with van der Waals surface area (Å²) >= 11 is 0. The molecular weight excluding hydrogens is 253 g/mol. The van der Waals surface area contributed by atoms with E-state index in [0.717, 1.165) is 11.4 Å². The standard InChI is InChI=1S/C16H14FN3/c17-15-8-4-5-9-16(15)18-12-13-10-11-20(19-13)14-6-2-1-3-7-14/h1-11,18H,12H2. The molecule has 0 saturated carbocycles. The molecule has 20 heavy (non-hydrogen) atoms. The molecule has 0 aliphatic carbocycles. The van der Waals surface area contributed by atoms with Crippen LogP contribution in [0.2, 0.25) is 0 Å². The number of rotatable bonds is 4. The van der Waals surface area contributed by atoms with E-state index in [1.165, 1.54) is 6.07 Å². The number of aromatic nitrogens is 2. The molecule has 2 aromatic carbocycles. The van der Waals surface area contributed by atoms with Crippen LogP contribution in [0.4, 0.5) is 10.1 Å². The number of para-hydroxylation sites is 2. The third-order valence-corrected chi connectivity index (χ3v) is 3.00. The van der Waals surface area contributed by atoms with Crippen LogP contribution in [0.25, 0.3) is 5.69 Å². The Labute approximate surface area is 116 Å². The van der Waals surface area contributed by atoms with Crippen molar-refractivity contribution >= 4 is 5.69 Å². The summed E-state index contributed by atoms with van der Waals surface area (Å²) < 4.78 is 15.3. The van der Waals surface area contributed by atoms with E-state index >= 15 is 0 Å². The maximum absolute atomic E-state index is 13.5. The zero-order chi connectivity index (χ0) is 13.8. The highest BCUT2D eigenvalue weighted by Crippen LogP contribution is 2.14. The molecule has 0 spiro atoms. The molecule has 1 heterocycles. The monoisotopic (exact) mass is 267 g/mol. The average Bonchev–Trinajstić information content (AvgIpc) is 2.96. The van der Waals surface area contributed by atoms with Gasteiger partial charge in [0.15, 0.2) is 0 Å². The maximum atomic E-state index is 13.5. The minimum absolute atomic E-state index is 0.255. The molecule has 3 nitrogen and oxygen atoms in total. The van der Waals surface area contributed by atoms with Crippen LogP contribution in [-0.4, -0.2) is 9.78 Å². The van der Waals surface area contributed by atoms with Crippen molar-refractivity contribution in [3.8, 4) is 5.69 Å². The highest BCUT2D eigenvalue weighted by molar-refractivity contribution is 5.44. The molecule has 1 aromatic heterocycles. The van der Waals surface area contributed by atoms with Gasteiger partial charge in [0.1, 0.15) is 5.82 Å². The van der Waals surface area contributed by atoms with Crippen LogP contribution in [-0.2, 0) is 6.54 Å². The lowest BCUT2D eigenvalue weighted by atomic mass is 10.3. The SMILES string of the molecule is Fc1ccccc1NCc1ccn(-c2ccccc2)n1. The molecule has 0 atom stereocenters. The van der Waals surface area contributed by atoms with E-state index in [9.17, 15) is 4.39 Å². The van der Waals surface area contributed by atoms with Gasteiger partial charge >= 0.3 is 0 Å². The molecule has 4 heteroatoms. The van der Waals surface area contributed by atoms with Crippen LogP contribution < -0.4 is 5.32 Å². The highest BCUT2D eigenvalue weighted by Gasteiger charge is 2.03. The summed E-state index contributed by atoms with van der Waals surface area (Å²) in [7, 11) is 0. The molecule has 1 N–H and O–H groups in total. The number of nitrogens with zero attached hydrogens (tertiary/aromatic N) is 2. The second kappa shape index (κ2) is 5.57. The van der Waals surface area contributed by atoms with Gasteiger partial charge in [0.2, 0.25) is 0 Å². The zero-order valence-electron chi connectivity index (χ0n) is 10.8. The number of nitrogens with one attached hydrogen (secondary N) is 1. The van der Waals surface area contributed by atoms with Crippen LogP contribution in [0.1, 0.15) is 5.69 Å². The smallest absolute Gasteiger partial charge is 0.146 e. The number of anilines is 1. The van der Waals surface area contributed by atoms with Gasteiger partial charge in [-0.05, 0) is 30.3 Å². The van der Waals surface area contributed by atoms with Crippen LogP contribution in [0.5, 0.6) is 0 Å². The van der Waals surface area contributed by atoms with E-state index in [1.807, 2.05) is 42.6 Å². The first-order valence-corrected chi connectivity index (χ1v) is 6.41. The van der Waals surface area contributed by atoms with Crippen LogP contribution in [0.15, 0.2) is 66.9 Å². The Hall–Kier alpha value is -2.62. The zero-order valence-corrected chi connectivity index (χ0v) is 10.8. The third kappa shape index (κ3) is 2.69. The first kappa shape index (κ1) is 12.4. The normalized spacial score (nSPS) is 10.4. The van der Waals surface area contributed by atoms with Crippen LogP contribution >= 0.6 is 0 Å². The van der Waals surface area contributed by atoms with E-state index < -0.39 is 0 Å². The summed E-state index contributed by atoms with van der Waals surface area (Å²) in [4.78, 5) is 0. The van der Waals surface area contributed by atoms with Crippen molar-refractivity contribution in [3.63, 3.8) is 0 Å². The lowest BCUT2D eigenvalue weighted by Gasteiger charge is -2.05. The Bertz CT molecular complexity index is 692. The fraction of sp³-hybridized carbons (Fsp3) is 0.0625. The van der Waals surface area contributed by atoms with E-state index in [1.54, 1.807) is 22.9 Å². The molecule has 0 aliphatic heterocycles. The molecule has 0 saturated heterocycles. The predicted octanol–water partition coefficient (Wildman–Crippen LogP) is 3.62. The van der Waals surface area contributed by atoms with Crippen molar-refractivity contribution < 1.29 is 4.39 Å². The van der Waals surface area contributed by atoms with E-state index in [0.29, 0.717) is 12.2 Å². The van der Waals surface area contributed by atoms with Gasteiger partial charge in [-0.1, -0.05) is 30.3 Å². The van der Waals surface area contributed by atoms with Crippen molar-refractivity contribution in [2.24, 2.45) is 0 Å². The van der Waals surface area contributed by atoms with E-state index in [4.69, 9.17) is 0 Å². The molecule has 3 rings (SSSR count). The number of halogens is 1. The van der Waals surface area contributed by atoms with Gasteiger partial charge in [0, 0.05) is 6.20 Å². The molecule has 0 fully saturated rings. The van der Waals surface area contributed by atoms with Crippen LogP contribution in [0, 0.1) is 5.82 Å². The van der Waals surface area contributed by atoms with Gasteiger partial charge in [-0.15, -0.1) is 0 Å². The topological polar surface area (TPSA) is 29.9 Å². The Morgan fingerprint density at radius 3 is 2.50 bits per heavy atom. The Balaban J connectivity index is 1.71. The van der Waals surface area contributed by atoms with Gasteiger partial charge in [0.25, 0.3) is 0 Å². The fourth-order valence-corrected chi connectivity index (χ4v) is 1.97. The molecule has 0 bridgehead atoms. The molecule has 0 aliphatic rings. The van der Waals surface area contributed by atoms with E-state index in [-0.39, 0.29) is 5.82 Å². The van der Waals surface area contributed by atoms with Gasteiger partial charge < -0.3 is 5.32 Å². The van der Waals surface area contributed by atoms with Crippen molar-refractivity contribution in [3.05, 3.63) is 78.4 Å². The molecule has 0 unspecified atom stereocenters. The number of hydrogen-bond acceptors (Lipinski definition) is 2. The van der Waals surface area contributed by atoms with Crippen molar-refractivity contribution in [2.75, 3.05) is 5.32 Å². The lowest BCUT2D eigenvalue weighted by molar-refractivity contribution is 0.630. The fourth-order valence-electron chi connectivity index (χ4n) is 1.97. The summed E-state index contributed by atoms with van der Waals surface area (Å²) in [5.74, 6) is -0.255. The lowest BCUT2D eigenvalue weighted by Crippen LogP contribution is -2.03. The average molecular weight is 267 g/mol. The third-order valence-electron chi connectivity index (χ3n) is 3.00. The summed E-state index contributed by atoms with van der Waals surface area (Å²) in [5.41, 5.74) is 2.35. The first-order valence-electron chi connectivity index (χ1n) is 6.41. The molecule has 100 valence electrons. The Morgan fingerprint density at radius 1 is 0.950 bits per heavy atom. The van der Waals surface area contributed by atoms with Gasteiger partial charge in [-0.2, -0.15) is 5.10 Å². The second-order valence-corrected chi connectivity index (χ2v) is 4.42. The van der Waals surface area contributed by atoms with Crippen LogP contribution in [0.3, 0.4) is 0 Å². The summed E-state index contributed by atoms with van der Waals surface area (Å²) in [6, 6.07) is 18.4. The summed E-state index contributed by atoms with van der Waals surface area (Å²) in [6.07, 6.45) is 1.90. The molecular formula is C16H14FN3. The van der Waals surface area contributed by atoms with Crippen molar-refractivity contribution in [1.29, 1.82) is 0 Å². The van der Waals surface area contributed by atoms with Gasteiger partial charge in [-0.3, -0.25) is 0 Å². The number of hydrogen-bond donors (Lipinski definition) is 1. The predicted molar refractivity (Wildman–Crippen MR) is 77.3 cm³/mol. The minimum Gasteiger partial charge on any atom is -0.377 e. The maximum Gasteiger partial charge on any atom is 0.146 e. The number of benzene rings is 2. The molecule has 0 amide bonds. The van der Waals surface area contributed by atoms with Gasteiger partial charge in [0.05, 0.1) is 23.6 Å². The summed E-state index contributed by atoms with van der Waals surface area (Å²) in [5, 5.41) is 7.50. The van der Waals surface area contributed by atoms with Crippen molar-refractivity contribution in [2.45, 2.75) is 6.54 Å². The Morgan fingerprint density at radius 2 is 1.70 bits per heavy atom. The minimum atomic E-state index is -0.255. The first-order chi connectivity index (χ1) is 9.83. The van der Waals surface area contributed by atoms with Gasteiger partial charge in [-0.25, -0.2) is 9.07 Å². The quantitative estimate of drug-likeness (QED) is 0.782.